The van der Waals surface area contributed by atoms with Gasteiger partial charge in [-0.05, 0) is 18.8 Å². The van der Waals surface area contributed by atoms with Gasteiger partial charge in [0.15, 0.2) is 5.41 Å². The Bertz CT molecular complexity index is 211. The molecule has 0 radical (unpaired) electrons. The Morgan fingerprint density at radius 1 is 1.73 bits per heavy atom. The van der Waals surface area contributed by atoms with Crippen molar-refractivity contribution in [3.63, 3.8) is 0 Å². The van der Waals surface area contributed by atoms with E-state index < -0.39 is 5.41 Å². The van der Waals surface area contributed by atoms with E-state index in [1.165, 1.54) is 7.11 Å². The van der Waals surface area contributed by atoms with Gasteiger partial charge in [-0.25, -0.2) is 0 Å². The van der Waals surface area contributed by atoms with Crippen LogP contribution in [-0.2, 0) is 9.53 Å². The number of hydrogen-bond acceptors (Lipinski definition) is 3. The summed E-state index contributed by atoms with van der Waals surface area (Å²) in [6, 6.07) is 2.02. The Kier molecular flexibility index (Phi) is 1.86. The lowest BCUT2D eigenvalue weighted by atomic mass is 9.63. The molecule has 3 nitrogen and oxygen atoms in total. The van der Waals surface area contributed by atoms with E-state index >= 15 is 0 Å². The number of nitriles is 1. The lowest BCUT2D eigenvalue weighted by Gasteiger charge is -2.37. The first kappa shape index (κ1) is 8.06. The fourth-order valence-corrected chi connectivity index (χ4v) is 1.63. The van der Waals surface area contributed by atoms with Gasteiger partial charge in [-0.2, -0.15) is 5.26 Å². The fourth-order valence-electron chi connectivity index (χ4n) is 1.63. The van der Waals surface area contributed by atoms with Crippen molar-refractivity contribution in [3.05, 3.63) is 0 Å². The lowest BCUT2D eigenvalue weighted by Crippen LogP contribution is -2.42. The predicted octanol–water partition coefficient (Wildman–Crippen LogP) is 1.10. The normalized spacial score (nSPS) is 35.2. The topological polar surface area (TPSA) is 50.1 Å². The average Bonchev–Trinajstić information content (AvgIpc) is 1.96. The van der Waals surface area contributed by atoms with E-state index in [2.05, 4.69) is 4.74 Å². The summed E-state index contributed by atoms with van der Waals surface area (Å²) in [7, 11) is 1.32. The third-order valence-electron chi connectivity index (χ3n) is 2.18. The van der Waals surface area contributed by atoms with Gasteiger partial charge in [-0.1, -0.05) is 6.92 Å². The highest BCUT2D eigenvalue weighted by molar-refractivity contribution is 5.81. The molecular formula is C8H11NO2. The first-order valence-electron chi connectivity index (χ1n) is 3.64. The van der Waals surface area contributed by atoms with E-state index in [-0.39, 0.29) is 5.97 Å². The van der Waals surface area contributed by atoms with Gasteiger partial charge in [0.25, 0.3) is 0 Å². The Labute approximate surface area is 66.0 Å². The molecule has 11 heavy (non-hydrogen) atoms. The number of carbonyl (C=O) groups excluding carboxylic acids is 1. The molecule has 0 saturated heterocycles. The number of ether oxygens (including phenoxy) is 1. The maximum atomic E-state index is 11.0. The minimum absolute atomic E-state index is 0.377. The molecule has 1 aliphatic rings. The van der Waals surface area contributed by atoms with E-state index in [9.17, 15) is 4.79 Å². The van der Waals surface area contributed by atoms with Gasteiger partial charge in [0.1, 0.15) is 0 Å². The molecule has 60 valence electrons. The SMILES string of the molecule is COC(=O)C1(C#N)CC(C)C1. The minimum atomic E-state index is -0.811. The quantitative estimate of drug-likeness (QED) is 0.530. The number of esters is 1. The van der Waals surface area contributed by atoms with Crippen LogP contribution in [0.5, 0.6) is 0 Å². The van der Waals surface area contributed by atoms with Crippen molar-refractivity contribution >= 4 is 5.97 Å². The van der Waals surface area contributed by atoms with E-state index in [1.807, 2.05) is 13.0 Å². The molecule has 1 fully saturated rings. The van der Waals surface area contributed by atoms with Crippen molar-refractivity contribution < 1.29 is 9.53 Å². The van der Waals surface area contributed by atoms with Gasteiger partial charge >= 0.3 is 5.97 Å². The fraction of sp³-hybridized carbons (Fsp3) is 0.750. The second-order valence-corrected chi connectivity index (χ2v) is 3.20. The maximum Gasteiger partial charge on any atom is 0.326 e. The van der Waals surface area contributed by atoms with Crippen LogP contribution in [0.1, 0.15) is 19.8 Å². The van der Waals surface area contributed by atoms with Gasteiger partial charge in [-0.15, -0.1) is 0 Å². The second-order valence-electron chi connectivity index (χ2n) is 3.20. The third kappa shape index (κ3) is 1.09. The molecule has 0 bridgehead atoms. The summed E-state index contributed by atoms with van der Waals surface area (Å²) in [6.45, 7) is 2.03. The molecule has 0 aromatic rings. The minimum Gasteiger partial charge on any atom is -0.468 e. The van der Waals surface area contributed by atoms with Gasteiger partial charge in [-0.3, -0.25) is 4.79 Å². The number of rotatable bonds is 1. The lowest BCUT2D eigenvalue weighted by molar-refractivity contribution is -0.155. The first-order valence-corrected chi connectivity index (χ1v) is 3.64. The highest BCUT2D eigenvalue weighted by Gasteiger charge is 2.49. The van der Waals surface area contributed by atoms with Crippen molar-refractivity contribution in [2.45, 2.75) is 19.8 Å². The summed E-state index contributed by atoms with van der Waals surface area (Å²) < 4.78 is 4.54. The van der Waals surface area contributed by atoms with Crippen LogP contribution in [0.25, 0.3) is 0 Å². The molecular weight excluding hydrogens is 142 g/mol. The molecule has 0 aromatic carbocycles. The predicted molar refractivity (Wildman–Crippen MR) is 38.5 cm³/mol. The number of methoxy groups -OCH3 is 1. The summed E-state index contributed by atoms with van der Waals surface area (Å²) in [5.74, 6) is 0.104. The molecule has 0 heterocycles. The average molecular weight is 153 g/mol. The van der Waals surface area contributed by atoms with Crippen molar-refractivity contribution in [1.29, 1.82) is 5.26 Å². The summed E-state index contributed by atoms with van der Waals surface area (Å²) in [4.78, 5) is 11.0. The van der Waals surface area contributed by atoms with E-state index in [1.54, 1.807) is 0 Å². The molecule has 3 heteroatoms. The second kappa shape index (κ2) is 2.54. The molecule has 1 saturated carbocycles. The first-order chi connectivity index (χ1) is 5.14. The summed E-state index contributed by atoms with van der Waals surface area (Å²) in [6.07, 6.45) is 1.30. The Morgan fingerprint density at radius 2 is 2.27 bits per heavy atom. The molecule has 0 amide bonds. The number of carbonyl (C=O) groups is 1. The van der Waals surface area contributed by atoms with E-state index in [4.69, 9.17) is 5.26 Å². The van der Waals surface area contributed by atoms with E-state index in [0.717, 1.165) is 0 Å². The highest BCUT2D eigenvalue weighted by atomic mass is 16.5. The molecule has 0 atom stereocenters. The number of hydrogen-bond donors (Lipinski definition) is 0. The molecule has 0 aliphatic heterocycles. The zero-order valence-electron chi connectivity index (χ0n) is 6.76. The van der Waals surface area contributed by atoms with Crippen LogP contribution in [0.15, 0.2) is 0 Å². The van der Waals surface area contributed by atoms with Gasteiger partial charge in [0, 0.05) is 0 Å². The molecule has 0 N–H and O–H groups in total. The van der Waals surface area contributed by atoms with Crippen LogP contribution in [0.4, 0.5) is 0 Å². The molecule has 0 unspecified atom stereocenters. The highest BCUT2D eigenvalue weighted by Crippen LogP contribution is 2.45. The number of nitrogens with zero attached hydrogens (tertiary/aromatic N) is 1. The standard InChI is InChI=1S/C8H11NO2/c1-6-3-8(4-6,5-9)7(10)11-2/h6H,3-4H2,1-2H3. The molecule has 1 rings (SSSR count). The van der Waals surface area contributed by atoms with Crippen LogP contribution < -0.4 is 0 Å². The molecule has 0 spiro atoms. The Morgan fingerprint density at radius 3 is 2.55 bits per heavy atom. The van der Waals surface area contributed by atoms with Crippen LogP contribution >= 0.6 is 0 Å². The largest absolute Gasteiger partial charge is 0.468 e. The van der Waals surface area contributed by atoms with Crippen LogP contribution in [0.2, 0.25) is 0 Å². The van der Waals surface area contributed by atoms with Crippen molar-refractivity contribution in [2.75, 3.05) is 7.11 Å². The summed E-state index contributed by atoms with van der Waals surface area (Å²) in [5.41, 5.74) is -0.811. The van der Waals surface area contributed by atoms with Crippen molar-refractivity contribution in [3.8, 4) is 6.07 Å². The third-order valence-corrected chi connectivity index (χ3v) is 2.18. The van der Waals surface area contributed by atoms with Crippen LogP contribution in [0, 0.1) is 22.7 Å². The van der Waals surface area contributed by atoms with Gasteiger partial charge < -0.3 is 4.74 Å². The van der Waals surface area contributed by atoms with Crippen LogP contribution in [-0.4, -0.2) is 13.1 Å². The summed E-state index contributed by atoms with van der Waals surface area (Å²) >= 11 is 0. The zero-order chi connectivity index (χ0) is 8.48. The summed E-state index contributed by atoms with van der Waals surface area (Å²) in [5, 5.41) is 8.70. The Balaban J connectivity index is 2.66. The van der Waals surface area contributed by atoms with Crippen molar-refractivity contribution in [2.24, 2.45) is 11.3 Å². The van der Waals surface area contributed by atoms with Crippen LogP contribution in [0.3, 0.4) is 0 Å². The van der Waals surface area contributed by atoms with Crippen molar-refractivity contribution in [1.82, 2.24) is 0 Å². The smallest absolute Gasteiger partial charge is 0.326 e. The Hall–Kier alpha value is -1.04. The zero-order valence-corrected chi connectivity index (χ0v) is 6.76. The molecule has 0 aromatic heterocycles. The maximum absolute atomic E-state index is 11.0. The van der Waals surface area contributed by atoms with E-state index in [0.29, 0.717) is 18.8 Å². The molecule has 1 aliphatic carbocycles. The monoisotopic (exact) mass is 153 g/mol. The van der Waals surface area contributed by atoms with Gasteiger partial charge in [0.2, 0.25) is 0 Å². The van der Waals surface area contributed by atoms with Gasteiger partial charge in [0.05, 0.1) is 13.2 Å².